The summed E-state index contributed by atoms with van der Waals surface area (Å²) in [4.78, 5) is 24.7. The molecule has 0 bridgehead atoms. The number of H-pyrrole nitrogens is 1. The number of amides is 1. The summed E-state index contributed by atoms with van der Waals surface area (Å²) in [5.41, 5.74) is 1.28. The van der Waals surface area contributed by atoms with Crippen molar-refractivity contribution in [2.75, 3.05) is 6.61 Å². The number of hydrogen-bond acceptors (Lipinski definition) is 6. The monoisotopic (exact) mass is 354 g/mol. The van der Waals surface area contributed by atoms with Gasteiger partial charge in [0.1, 0.15) is 5.75 Å². The molecule has 1 heterocycles. The second-order valence-corrected chi connectivity index (χ2v) is 5.50. The average Bonchev–Trinajstić information content (AvgIpc) is 2.93. The summed E-state index contributed by atoms with van der Waals surface area (Å²) in [7, 11) is 0. The minimum Gasteiger partial charge on any atom is -0.493 e. The van der Waals surface area contributed by atoms with Crippen LogP contribution in [0.1, 0.15) is 5.56 Å². The molecule has 0 fully saturated rings. The molecule has 0 aliphatic heterocycles. The first-order valence-corrected chi connectivity index (χ1v) is 7.57. The number of nitrogens with one attached hydrogen (secondary N) is 1. The lowest BCUT2D eigenvalue weighted by Crippen LogP contribution is -2.07. The number of nitro groups is 1. The van der Waals surface area contributed by atoms with Crippen LogP contribution in [0, 0.1) is 17.0 Å². The Hall–Kier alpha value is -3.75. The van der Waals surface area contributed by atoms with E-state index in [4.69, 9.17) is 4.74 Å². The van der Waals surface area contributed by atoms with Gasteiger partial charge in [-0.05, 0) is 25.1 Å². The summed E-state index contributed by atoms with van der Waals surface area (Å²) >= 11 is 0. The second-order valence-electron chi connectivity index (χ2n) is 5.50. The molecule has 9 nitrogen and oxygen atoms in total. The van der Waals surface area contributed by atoms with Crippen LogP contribution in [0.15, 0.2) is 52.7 Å². The fourth-order valence-electron chi connectivity index (χ4n) is 2.28. The molecule has 3 aromatic rings. The van der Waals surface area contributed by atoms with Crippen LogP contribution in [0.25, 0.3) is 10.9 Å². The number of aryl methyl sites for hydroxylation is 1. The van der Waals surface area contributed by atoms with Gasteiger partial charge in [0.15, 0.2) is 12.3 Å². The molecule has 0 atom stereocenters. The lowest BCUT2D eigenvalue weighted by Gasteiger charge is -2.02. The van der Waals surface area contributed by atoms with Crippen molar-refractivity contribution < 1.29 is 19.6 Å². The van der Waals surface area contributed by atoms with E-state index in [1.54, 1.807) is 12.1 Å². The van der Waals surface area contributed by atoms with Crippen molar-refractivity contribution >= 4 is 28.2 Å². The molecule has 9 heteroatoms. The van der Waals surface area contributed by atoms with Crippen molar-refractivity contribution in [3.63, 3.8) is 0 Å². The zero-order chi connectivity index (χ0) is 18.7. The summed E-state index contributed by atoms with van der Waals surface area (Å²) in [6.45, 7) is 1.61. The van der Waals surface area contributed by atoms with Gasteiger partial charge in [0, 0.05) is 17.5 Å². The number of ether oxygens (including phenoxy) is 1. The van der Waals surface area contributed by atoms with E-state index in [-0.39, 0.29) is 29.2 Å². The van der Waals surface area contributed by atoms with Gasteiger partial charge in [-0.3, -0.25) is 14.9 Å². The molecule has 0 spiro atoms. The molecule has 132 valence electrons. The zero-order valence-electron chi connectivity index (χ0n) is 13.7. The molecule has 1 amide bonds. The molecule has 3 rings (SSSR count). The number of carbonyl (C=O) groups excluding carboxylic acids is 1. The predicted molar refractivity (Wildman–Crippen MR) is 92.8 cm³/mol. The number of aromatic hydroxyl groups is 1. The number of benzene rings is 2. The molecule has 2 aromatic carbocycles. The maximum Gasteiger partial charge on any atom is 0.302 e. The van der Waals surface area contributed by atoms with Crippen molar-refractivity contribution in [2.24, 2.45) is 10.2 Å². The van der Waals surface area contributed by atoms with Gasteiger partial charge in [0.05, 0.1) is 10.4 Å². The third kappa shape index (κ3) is 3.66. The van der Waals surface area contributed by atoms with Crippen LogP contribution in [0.2, 0.25) is 0 Å². The highest BCUT2D eigenvalue weighted by molar-refractivity contribution is 5.95. The van der Waals surface area contributed by atoms with E-state index in [1.807, 2.05) is 19.1 Å². The smallest absolute Gasteiger partial charge is 0.302 e. The van der Waals surface area contributed by atoms with Crippen LogP contribution in [0.5, 0.6) is 11.6 Å². The van der Waals surface area contributed by atoms with E-state index >= 15 is 0 Å². The van der Waals surface area contributed by atoms with Gasteiger partial charge in [-0.25, -0.2) is 0 Å². The summed E-state index contributed by atoms with van der Waals surface area (Å²) < 4.78 is 5.30. The lowest BCUT2D eigenvalue weighted by molar-refractivity contribution is -0.384. The molecular formula is C17H14N4O5. The standard InChI is InChI=1S/C17H14N4O5/c1-10-2-5-12(6-3-10)26-9-15(22)19-20-16-13-8-11(21(24)25)4-7-14(13)18-17(16)23/h2-8,18,23H,9H2,1H3. The largest absolute Gasteiger partial charge is 0.493 e. The van der Waals surface area contributed by atoms with Crippen LogP contribution in [0.3, 0.4) is 0 Å². The average molecular weight is 354 g/mol. The SMILES string of the molecule is Cc1ccc(OCC(=O)N=Nc2c(O)[nH]c3ccc([N+](=O)[O-])cc23)cc1. The Labute approximate surface area is 147 Å². The topological polar surface area (TPSA) is 130 Å². The molecule has 0 saturated carbocycles. The van der Waals surface area contributed by atoms with Crippen molar-refractivity contribution in [2.45, 2.75) is 6.92 Å². The van der Waals surface area contributed by atoms with Gasteiger partial charge in [0.25, 0.3) is 5.69 Å². The summed E-state index contributed by atoms with van der Waals surface area (Å²) in [5, 5.41) is 28.3. The normalized spacial score (nSPS) is 11.1. The number of hydrogen-bond donors (Lipinski definition) is 2. The molecule has 0 radical (unpaired) electrons. The van der Waals surface area contributed by atoms with Crippen molar-refractivity contribution in [1.29, 1.82) is 0 Å². The van der Waals surface area contributed by atoms with Gasteiger partial charge in [-0.1, -0.05) is 17.7 Å². The van der Waals surface area contributed by atoms with Gasteiger partial charge in [-0.15, -0.1) is 10.2 Å². The Bertz CT molecular complexity index is 1010. The lowest BCUT2D eigenvalue weighted by atomic mass is 10.2. The molecule has 2 N–H and O–H groups in total. The Balaban J connectivity index is 1.75. The van der Waals surface area contributed by atoms with Crippen LogP contribution >= 0.6 is 0 Å². The minimum atomic E-state index is -0.662. The molecule has 0 unspecified atom stereocenters. The maximum atomic E-state index is 11.8. The van der Waals surface area contributed by atoms with Crippen LogP contribution in [-0.4, -0.2) is 27.5 Å². The number of aromatic nitrogens is 1. The summed E-state index contributed by atoms with van der Waals surface area (Å²) in [6.07, 6.45) is 0. The van der Waals surface area contributed by atoms with Gasteiger partial charge < -0.3 is 14.8 Å². The zero-order valence-corrected chi connectivity index (χ0v) is 13.7. The van der Waals surface area contributed by atoms with Crippen LogP contribution in [-0.2, 0) is 4.79 Å². The Kier molecular flexibility index (Phi) is 4.61. The van der Waals surface area contributed by atoms with Crippen LogP contribution < -0.4 is 4.74 Å². The number of non-ortho nitro benzene ring substituents is 1. The molecule has 1 aromatic heterocycles. The number of nitrogens with zero attached hydrogens (tertiary/aromatic N) is 3. The number of rotatable bonds is 5. The van der Waals surface area contributed by atoms with Gasteiger partial charge >= 0.3 is 5.91 Å². The highest BCUT2D eigenvalue weighted by Crippen LogP contribution is 2.37. The Morgan fingerprint density at radius 2 is 2.00 bits per heavy atom. The Morgan fingerprint density at radius 3 is 2.69 bits per heavy atom. The number of carbonyl (C=O) groups is 1. The fraction of sp³-hybridized carbons (Fsp3) is 0.118. The third-order valence-corrected chi connectivity index (χ3v) is 3.59. The molecule has 26 heavy (non-hydrogen) atoms. The number of nitro benzene ring substituents is 1. The highest BCUT2D eigenvalue weighted by Gasteiger charge is 2.15. The fourth-order valence-corrected chi connectivity index (χ4v) is 2.28. The van der Waals surface area contributed by atoms with E-state index in [1.165, 1.54) is 18.2 Å². The first kappa shape index (κ1) is 17.1. The van der Waals surface area contributed by atoms with E-state index in [0.29, 0.717) is 11.3 Å². The minimum absolute atomic E-state index is 0.0487. The first-order chi connectivity index (χ1) is 12.4. The Morgan fingerprint density at radius 1 is 1.27 bits per heavy atom. The van der Waals surface area contributed by atoms with E-state index in [0.717, 1.165) is 5.56 Å². The van der Waals surface area contributed by atoms with Gasteiger partial charge in [-0.2, -0.15) is 0 Å². The number of fused-ring (bicyclic) bond motifs is 1. The van der Waals surface area contributed by atoms with Crippen molar-refractivity contribution in [3.8, 4) is 11.6 Å². The van der Waals surface area contributed by atoms with Crippen molar-refractivity contribution in [3.05, 3.63) is 58.1 Å². The highest BCUT2D eigenvalue weighted by atomic mass is 16.6. The molecule has 0 saturated heterocycles. The maximum absolute atomic E-state index is 11.8. The van der Waals surface area contributed by atoms with E-state index in [9.17, 15) is 20.0 Å². The molecular weight excluding hydrogens is 340 g/mol. The quantitative estimate of drug-likeness (QED) is 0.409. The summed E-state index contributed by atoms with van der Waals surface area (Å²) in [5.74, 6) is -0.481. The van der Waals surface area contributed by atoms with Gasteiger partial charge in [0.2, 0.25) is 5.88 Å². The number of aromatic amines is 1. The first-order valence-electron chi connectivity index (χ1n) is 7.57. The third-order valence-electron chi connectivity index (χ3n) is 3.59. The van der Waals surface area contributed by atoms with E-state index < -0.39 is 10.8 Å². The van der Waals surface area contributed by atoms with E-state index in [2.05, 4.69) is 15.2 Å². The number of azo groups is 1. The predicted octanol–water partition coefficient (Wildman–Crippen LogP) is 3.78. The molecule has 0 aliphatic rings. The molecule has 0 aliphatic carbocycles. The summed E-state index contributed by atoms with van der Waals surface area (Å²) in [6, 6.07) is 11.1. The van der Waals surface area contributed by atoms with Crippen molar-refractivity contribution in [1.82, 2.24) is 4.98 Å². The van der Waals surface area contributed by atoms with Crippen LogP contribution in [0.4, 0.5) is 11.4 Å². The second kappa shape index (κ2) is 7.01.